The van der Waals surface area contributed by atoms with Crippen molar-refractivity contribution in [1.29, 1.82) is 0 Å². The fraction of sp³-hybridized carbons (Fsp3) is 0.364. The number of nitrogens with zero attached hydrogens (tertiary/aromatic N) is 1. The van der Waals surface area contributed by atoms with E-state index in [9.17, 15) is 4.79 Å². The van der Waals surface area contributed by atoms with Crippen LogP contribution in [0.25, 0.3) is 0 Å². The lowest BCUT2D eigenvalue weighted by atomic mass is 10.3. The Bertz CT molecular complexity index is 426. The van der Waals surface area contributed by atoms with Gasteiger partial charge in [0.15, 0.2) is 0 Å². The highest BCUT2D eigenvalue weighted by molar-refractivity contribution is 9.10. The number of halogens is 3. The summed E-state index contributed by atoms with van der Waals surface area (Å²) in [6.45, 7) is 2.79. The molecule has 0 radical (unpaired) electrons. The highest BCUT2D eigenvalue weighted by Crippen LogP contribution is 2.35. The molecule has 1 rings (SSSR count). The monoisotopic (exact) mass is 338 g/mol. The minimum Gasteiger partial charge on any atom is -0.375 e. The van der Waals surface area contributed by atoms with Crippen molar-refractivity contribution in [3.63, 3.8) is 0 Å². The quantitative estimate of drug-likeness (QED) is 0.849. The first kappa shape index (κ1) is 14.6. The predicted molar refractivity (Wildman–Crippen MR) is 76.0 cm³/mol. The van der Waals surface area contributed by atoms with Gasteiger partial charge in [-0.05, 0) is 35.0 Å². The lowest BCUT2D eigenvalue weighted by molar-refractivity contribution is -0.127. The van der Waals surface area contributed by atoms with E-state index in [-0.39, 0.29) is 12.5 Å². The molecule has 1 N–H and O–H groups in total. The van der Waals surface area contributed by atoms with E-state index >= 15 is 0 Å². The lowest BCUT2D eigenvalue weighted by Crippen LogP contribution is -2.31. The number of anilines is 1. The van der Waals surface area contributed by atoms with Crippen LogP contribution in [-0.4, -0.2) is 30.9 Å². The van der Waals surface area contributed by atoms with Crippen LogP contribution < -0.4 is 5.32 Å². The molecule has 0 heterocycles. The van der Waals surface area contributed by atoms with E-state index in [2.05, 4.69) is 21.2 Å². The third kappa shape index (κ3) is 3.76. The zero-order valence-corrected chi connectivity index (χ0v) is 12.7. The Morgan fingerprint density at radius 2 is 2.06 bits per heavy atom. The topological polar surface area (TPSA) is 32.3 Å². The number of hydrogen-bond acceptors (Lipinski definition) is 2. The third-order valence-corrected chi connectivity index (χ3v) is 4.14. The summed E-state index contributed by atoms with van der Waals surface area (Å²) in [6.07, 6.45) is 0. The number of hydrogen-bond donors (Lipinski definition) is 1. The smallest absolute Gasteiger partial charge is 0.241 e. The van der Waals surface area contributed by atoms with Crippen molar-refractivity contribution in [2.24, 2.45) is 0 Å². The molecule has 0 spiro atoms. The van der Waals surface area contributed by atoms with Crippen LogP contribution in [0.5, 0.6) is 0 Å². The maximum atomic E-state index is 11.6. The van der Waals surface area contributed by atoms with E-state index in [0.29, 0.717) is 22.3 Å². The van der Waals surface area contributed by atoms with Crippen molar-refractivity contribution in [2.75, 3.05) is 25.5 Å². The Balaban J connectivity index is 2.71. The first-order chi connectivity index (χ1) is 7.97. The zero-order chi connectivity index (χ0) is 13.0. The van der Waals surface area contributed by atoms with E-state index in [4.69, 9.17) is 23.2 Å². The molecule has 0 bridgehead atoms. The fourth-order valence-corrected chi connectivity index (χ4v) is 1.99. The standard InChI is InChI=1S/C11H13BrCl2N2O/c1-3-16(2)9(17)6-15-8-5-4-7(12)10(13)11(8)14/h4-5,15H,3,6H2,1-2H3. The molecule has 17 heavy (non-hydrogen) atoms. The largest absolute Gasteiger partial charge is 0.375 e. The second kappa shape index (κ2) is 6.47. The molecule has 0 saturated carbocycles. The van der Waals surface area contributed by atoms with Gasteiger partial charge < -0.3 is 10.2 Å². The average molecular weight is 340 g/mol. The number of likely N-dealkylation sites (N-methyl/N-ethyl adjacent to an activating group) is 1. The van der Waals surface area contributed by atoms with Gasteiger partial charge in [-0.2, -0.15) is 0 Å². The van der Waals surface area contributed by atoms with E-state index in [0.717, 1.165) is 4.47 Å². The summed E-state index contributed by atoms with van der Waals surface area (Å²) in [5.41, 5.74) is 0.651. The number of benzene rings is 1. The van der Waals surface area contributed by atoms with Gasteiger partial charge in [-0.25, -0.2) is 0 Å². The molecule has 0 atom stereocenters. The van der Waals surface area contributed by atoms with Gasteiger partial charge >= 0.3 is 0 Å². The molecule has 94 valence electrons. The van der Waals surface area contributed by atoms with E-state index in [1.165, 1.54) is 0 Å². The number of amides is 1. The van der Waals surface area contributed by atoms with Crippen molar-refractivity contribution in [3.8, 4) is 0 Å². The molecule has 1 amide bonds. The number of carbonyl (C=O) groups is 1. The molecule has 0 fully saturated rings. The van der Waals surface area contributed by atoms with Gasteiger partial charge in [0, 0.05) is 18.1 Å². The lowest BCUT2D eigenvalue weighted by Gasteiger charge is -2.16. The molecule has 3 nitrogen and oxygen atoms in total. The average Bonchev–Trinajstić information content (AvgIpc) is 2.33. The van der Waals surface area contributed by atoms with Crippen molar-refractivity contribution >= 4 is 50.7 Å². The summed E-state index contributed by atoms with van der Waals surface area (Å²) in [6, 6.07) is 3.56. The molecule has 0 aromatic heterocycles. The van der Waals surface area contributed by atoms with E-state index in [1.807, 2.05) is 6.92 Å². The summed E-state index contributed by atoms with van der Waals surface area (Å²) < 4.78 is 0.728. The molecule has 1 aromatic rings. The second-order valence-electron chi connectivity index (χ2n) is 3.48. The Morgan fingerprint density at radius 3 is 2.65 bits per heavy atom. The summed E-state index contributed by atoms with van der Waals surface area (Å²) in [5.74, 6) is 0.00241. The van der Waals surface area contributed by atoms with Crippen molar-refractivity contribution < 1.29 is 4.79 Å². The molecule has 0 aliphatic heterocycles. The van der Waals surface area contributed by atoms with Gasteiger partial charge in [0.05, 0.1) is 22.3 Å². The number of nitrogens with one attached hydrogen (secondary N) is 1. The SMILES string of the molecule is CCN(C)C(=O)CNc1ccc(Br)c(Cl)c1Cl. The van der Waals surface area contributed by atoms with Crippen molar-refractivity contribution in [1.82, 2.24) is 4.90 Å². The van der Waals surface area contributed by atoms with Gasteiger partial charge in [-0.15, -0.1) is 0 Å². The summed E-state index contributed by atoms with van der Waals surface area (Å²) in [5, 5.41) is 3.82. The summed E-state index contributed by atoms with van der Waals surface area (Å²) in [7, 11) is 1.75. The second-order valence-corrected chi connectivity index (χ2v) is 5.09. The van der Waals surface area contributed by atoms with Gasteiger partial charge in [0.2, 0.25) is 5.91 Å². The Labute approximate surface area is 119 Å². The minimum absolute atomic E-state index is 0.00241. The van der Waals surface area contributed by atoms with Gasteiger partial charge in [0.25, 0.3) is 0 Å². The van der Waals surface area contributed by atoms with Crippen molar-refractivity contribution in [2.45, 2.75) is 6.92 Å². The highest BCUT2D eigenvalue weighted by atomic mass is 79.9. The third-order valence-electron chi connectivity index (χ3n) is 2.37. The first-order valence-corrected chi connectivity index (χ1v) is 6.63. The zero-order valence-electron chi connectivity index (χ0n) is 9.56. The molecule has 1 aromatic carbocycles. The van der Waals surface area contributed by atoms with E-state index in [1.54, 1.807) is 24.1 Å². The molecular weight excluding hydrogens is 327 g/mol. The van der Waals surface area contributed by atoms with Crippen molar-refractivity contribution in [3.05, 3.63) is 26.7 Å². The highest BCUT2D eigenvalue weighted by Gasteiger charge is 2.10. The van der Waals surface area contributed by atoms with Crippen LogP contribution in [0.15, 0.2) is 16.6 Å². The molecule has 0 aliphatic rings. The minimum atomic E-state index is 0.00241. The number of carbonyl (C=O) groups excluding carboxylic acids is 1. The fourth-order valence-electron chi connectivity index (χ4n) is 1.14. The molecule has 0 aliphatic carbocycles. The maximum Gasteiger partial charge on any atom is 0.241 e. The Hall–Kier alpha value is -0.450. The van der Waals surface area contributed by atoms with Crippen LogP contribution in [0.3, 0.4) is 0 Å². The predicted octanol–water partition coefficient (Wildman–Crippen LogP) is 3.65. The molecule has 6 heteroatoms. The molecule has 0 unspecified atom stereocenters. The van der Waals surface area contributed by atoms with Crippen LogP contribution in [0, 0.1) is 0 Å². The first-order valence-electron chi connectivity index (χ1n) is 5.08. The van der Waals surface area contributed by atoms with Crippen LogP contribution in [-0.2, 0) is 4.79 Å². The number of rotatable bonds is 4. The molecular formula is C11H13BrCl2N2O. The molecule has 0 saturated heterocycles. The van der Waals surface area contributed by atoms with Crippen LogP contribution in [0.2, 0.25) is 10.0 Å². The normalized spacial score (nSPS) is 10.2. The summed E-state index contributed by atoms with van der Waals surface area (Å²) >= 11 is 15.3. The van der Waals surface area contributed by atoms with Crippen LogP contribution in [0.4, 0.5) is 5.69 Å². The van der Waals surface area contributed by atoms with Crippen LogP contribution >= 0.6 is 39.1 Å². The van der Waals surface area contributed by atoms with Gasteiger partial charge in [0.1, 0.15) is 0 Å². The Kier molecular flexibility index (Phi) is 5.56. The maximum absolute atomic E-state index is 11.6. The summed E-state index contributed by atoms with van der Waals surface area (Å²) in [4.78, 5) is 13.2. The van der Waals surface area contributed by atoms with Gasteiger partial charge in [-0.3, -0.25) is 4.79 Å². The Morgan fingerprint density at radius 1 is 1.41 bits per heavy atom. The van der Waals surface area contributed by atoms with Crippen LogP contribution in [0.1, 0.15) is 6.92 Å². The van der Waals surface area contributed by atoms with E-state index < -0.39 is 0 Å². The van der Waals surface area contributed by atoms with Gasteiger partial charge in [-0.1, -0.05) is 23.2 Å².